The molecule has 0 radical (unpaired) electrons. The fourth-order valence-corrected chi connectivity index (χ4v) is 23.3. The van der Waals surface area contributed by atoms with Gasteiger partial charge in [-0.15, -0.1) is 0 Å². The van der Waals surface area contributed by atoms with Gasteiger partial charge in [-0.2, -0.15) is 0 Å². The molecule has 116 heavy (non-hydrogen) atoms. The fraction of sp³-hybridized carbons (Fsp3) is 0.690. The number of hydrogen-bond donors (Lipinski definition) is 6. The molecule has 0 spiro atoms. The lowest BCUT2D eigenvalue weighted by Crippen LogP contribution is -2.41. The summed E-state index contributed by atoms with van der Waals surface area (Å²) in [7, 11) is -14.3. The first-order valence-electron chi connectivity index (χ1n) is 40.8. The summed E-state index contributed by atoms with van der Waals surface area (Å²) < 4.78 is 133. The van der Waals surface area contributed by atoms with Gasteiger partial charge in [-0.05, 0) is 255 Å². The minimum Gasteiger partial charge on any atom is -0.491 e. The van der Waals surface area contributed by atoms with Gasteiger partial charge in [-0.3, -0.25) is 27.8 Å². The number of carboxylic acid groups (broad SMARTS) is 2. The number of fused-ring (bicyclic) bond motifs is 8. The van der Waals surface area contributed by atoms with Crippen molar-refractivity contribution in [2.75, 3.05) is 105 Å². The first kappa shape index (κ1) is 105. The number of hydrogen-bond acceptors (Lipinski definition) is 26. The normalized spacial score (nSPS) is 13.8. The van der Waals surface area contributed by atoms with Gasteiger partial charge in [-0.25, -0.2) is 0 Å². The largest absolute Gasteiger partial charge is 0.491 e. The molecule has 662 valence electrons. The number of rotatable bonds is 47. The van der Waals surface area contributed by atoms with Gasteiger partial charge in [0.1, 0.15) is 44.1 Å². The third-order valence-corrected chi connectivity index (χ3v) is 33.7. The van der Waals surface area contributed by atoms with Gasteiger partial charge in [0.15, 0.2) is 0 Å². The molecule has 0 amide bonds. The van der Waals surface area contributed by atoms with E-state index in [4.69, 9.17) is 65.4 Å². The van der Waals surface area contributed by atoms with E-state index in [-0.39, 0.29) is 114 Å². The Morgan fingerprint density at radius 3 is 0.560 bits per heavy atom. The summed E-state index contributed by atoms with van der Waals surface area (Å²) in [6.45, 7) is 60.9. The Morgan fingerprint density at radius 1 is 0.293 bits per heavy atom. The molecule has 24 nitrogen and oxygen atoms in total. The highest BCUT2D eigenvalue weighted by atomic mass is 32.2. The molecule has 1 aliphatic rings. The van der Waals surface area contributed by atoms with Gasteiger partial charge in [-0.1, -0.05) is 130 Å². The lowest BCUT2D eigenvalue weighted by molar-refractivity contribution is -0.143. The van der Waals surface area contributed by atoms with Crippen LogP contribution < -0.4 is 40.2 Å². The lowest BCUT2D eigenvalue weighted by atomic mass is 9.87. The van der Waals surface area contributed by atoms with Gasteiger partial charge in [0.2, 0.25) is 0 Å². The maximum Gasteiger partial charge on any atom is 0.349 e. The zero-order valence-electron chi connectivity index (χ0n) is 74.8. The quantitative estimate of drug-likeness (QED) is 0.0156. The van der Waals surface area contributed by atoms with Gasteiger partial charge < -0.3 is 86.6 Å². The molecule has 0 fully saturated rings. The van der Waals surface area contributed by atoms with E-state index in [0.717, 1.165) is 61.4 Å². The van der Waals surface area contributed by atoms with E-state index in [2.05, 4.69) is 153 Å². The maximum atomic E-state index is 14.3. The van der Waals surface area contributed by atoms with Crippen molar-refractivity contribution < 1.29 is 93.2 Å². The average Bonchev–Trinajstić information content (AvgIpc) is 0.756. The summed E-state index contributed by atoms with van der Waals surface area (Å²) in [6, 6.07) is 18.1. The first-order valence-corrected chi connectivity index (χ1v) is 50.2. The molecule has 1 heterocycles. The number of ether oxygens (including phenoxy) is 4. The minimum absolute atomic E-state index is 0.234. The summed E-state index contributed by atoms with van der Waals surface area (Å²) in [5, 5.41) is 25.8. The second-order valence-electron chi connectivity index (χ2n) is 34.0. The van der Waals surface area contributed by atoms with Gasteiger partial charge in [0.25, 0.3) is 0 Å². The van der Waals surface area contributed by atoms with Crippen LogP contribution >= 0.6 is 77.4 Å². The van der Waals surface area contributed by atoms with Crippen LogP contribution in [0, 0.1) is 0 Å². The molecule has 8 bridgehead atoms. The SMILES string of the molecule is CCOP(=O)(OCC)C(C)(C)NCCCOc1c2cc(C(C)(C)C)cc1Sc1cc(C(C)(C)C)cc(c1OCCCNC(C)(C)P(=O)(OCC)OCC)Sc1cc(C(C)(C)C)cc(c1OCCCNC(C)(C)P(=O)(OCC)OCC)Sc1cc(C(C)(C)C)cc(c1OCCCNC(C)(C)P(=O)(OCC)OCC)S2.O=C(O)CCC(=O)O. The number of aliphatic carboxylic acids is 2. The van der Waals surface area contributed by atoms with Crippen LogP contribution in [-0.4, -0.2) is 149 Å². The maximum absolute atomic E-state index is 14.3. The Morgan fingerprint density at radius 2 is 0.440 bits per heavy atom. The van der Waals surface area contributed by atoms with Crippen LogP contribution in [0.1, 0.15) is 255 Å². The molecule has 0 atom stereocenters. The van der Waals surface area contributed by atoms with Crippen LogP contribution in [0.25, 0.3) is 0 Å². The van der Waals surface area contributed by atoms with Crippen LogP contribution in [0.4, 0.5) is 0 Å². The molecular formula is C84H142N4O20P4S4. The molecule has 0 aromatic heterocycles. The van der Waals surface area contributed by atoms with E-state index < -0.39 is 63.4 Å². The van der Waals surface area contributed by atoms with Crippen molar-refractivity contribution in [2.45, 2.75) is 314 Å². The predicted molar refractivity (Wildman–Crippen MR) is 474 cm³/mol. The molecule has 0 saturated carbocycles. The summed E-state index contributed by atoms with van der Waals surface area (Å²) >= 11 is 6.43. The van der Waals surface area contributed by atoms with Crippen molar-refractivity contribution in [3.05, 3.63) is 70.8 Å². The predicted octanol–water partition coefficient (Wildman–Crippen LogP) is 23.2. The smallest absolute Gasteiger partial charge is 0.349 e. The molecule has 5 rings (SSSR count). The number of carboxylic acids is 2. The van der Waals surface area contributed by atoms with Crippen LogP contribution in [0.2, 0.25) is 0 Å². The Kier molecular flexibility index (Phi) is 41.7. The van der Waals surface area contributed by atoms with Crippen molar-refractivity contribution in [2.24, 2.45) is 0 Å². The zero-order chi connectivity index (χ0) is 87.7. The molecule has 4 aromatic carbocycles. The highest BCUT2D eigenvalue weighted by Crippen LogP contribution is 2.63. The Bertz CT molecular complexity index is 3400. The molecule has 0 unspecified atom stereocenters. The van der Waals surface area contributed by atoms with Crippen LogP contribution in [0.5, 0.6) is 23.0 Å². The molecule has 6 N–H and O–H groups in total. The number of nitrogens with one attached hydrogen (secondary N) is 4. The van der Waals surface area contributed by atoms with E-state index in [1.54, 1.807) is 47.0 Å². The van der Waals surface area contributed by atoms with E-state index >= 15 is 0 Å². The molecule has 32 heteroatoms. The molecular weight excluding hydrogens is 1640 g/mol. The fourth-order valence-electron chi connectivity index (χ4n) is 11.7. The van der Waals surface area contributed by atoms with E-state index in [0.29, 0.717) is 74.9 Å². The van der Waals surface area contributed by atoms with Crippen LogP contribution in [-0.2, 0) is 85.7 Å². The van der Waals surface area contributed by atoms with Crippen LogP contribution in [0.15, 0.2) is 87.7 Å². The van der Waals surface area contributed by atoms with Crippen molar-refractivity contribution in [1.82, 2.24) is 21.3 Å². The van der Waals surface area contributed by atoms with Crippen molar-refractivity contribution in [3.63, 3.8) is 0 Å². The zero-order valence-corrected chi connectivity index (χ0v) is 81.7. The standard InChI is InChI=1S/C80H136N4O16P4S4.C4H6O4/c1-29-93-101(85,94-30-2)77(21,22)81-41-37-45-89-69-61-49-57(73(9,10)11)50-62(69)106-64-52-59(75(15,16)17)54-66(71(64)91-47-39-43-83-79(25,26)103(87,97-33-5)98-34-6)108-68-56-60(76(18,19)20)55-67(72(68)92-48-40-44-84-80(27,28)104(88,99-35-7)100-36-8)107-65-53-58(74(12,13)14)51-63(105-61)70(65)90-46-38-42-82-78(23,24)102(86,95-31-3)96-32-4;5-3(6)1-2-4(7)8/h49-56,81-84H,29-48H2,1-28H3;1-2H2,(H,5,6)(H,7,8). The van der Waals surface area contributed by atoms with E-state index in [9.17, 15) is 27.8 Å². The second kappa shape index (κ2) is 46.0. The van der Waals surface area contributed by atoms with E-state index in [1.165, 1.54) is 0 Å². The van der Waals surface area contributed by atoms with Crippen molar-refractivity contribution in [3.8, 4) is 23.0 Å². The van der Waals surface area contributed by atoms with Gasteiger partial charge in [0, 0.05) is 0 Å². The third kappa shape index (κ3) is 30.4. The molecule has 4 aromatic rings. The second-order valence-corrected chi connectivity index (χ2v) is 48.8. The van der Waals surface area contributed by atoms with Crippen molar-refractivity contribution in [1.29, 1.82) is 0 Å². The van der Waals surface area contributed by atoms with Gasteiger partial charge >= 0.3 is 42.3 Å². The van der Waals surface area contributed by atoms with E-state index in [1.807, 2.05) is 111 Å². The first-order chi connectivity index (χ1) is 53.8. The summed E-state index contributed by atoms with van der Waals surface area (Å²) in [4.78, 5) is 26.2. The Labute approximate surface area is 712 Å². The summed E-state index contributed by atoms with van der Waals surface area (Å²) in [6.07, 6.45) is 1.53. The van der Waals surface area contributed by atoms with Crippen molar-refractivity contribution >= 4 is 89.4 Å². The molecule has 0 saturated heterocycles. The van der Waals surface area contributed by atoms with Gasteiger partial charge in [0.05, 0.1) is 131 Å². The van der Waals surface area contributed by atoms with Crippen LogP contribution in [0.3, 0.4) is 0 Å². The third-order valence-electron chi connectivity index (χ3n) is 18.6. The number of benzene rings is 4. The lowest BCUT2D eigenvalue weighted by Gasteiger charge is -2.33. The topological polar surface area (TPSA) is 302 Å². The summed E-state index contributed by atoms with van der Waals surface area (Å²) in [5.41, 5.74) is 2.90. The summed E-state index contributed by atoms with van der Waals surface area (Å²) in [5.74, 6) is 0.541. The number of carbonyl (C=O) groups is 2. The average molecular weight is 1780 g/mol. The highest BCUT2D eigenvalue weighted by Gasteiger charge is 2.47. The molecule has 0 aliphatic carbocycles. The Balaban J connectivity index is 0.00000335. The Hall–Kier alpha value is -3.14. The highest BCUT2D eigenvalue weighted by molar-refractivity contribution is 8.01. The monoisotopic (exact) mass is 1780 g/mol. The minimum atomic E-state index is -3.57. The molecule has 1 aliphatic heterocycles.